The number of benzene rings is 1. The van der Waals surface area contributed by atoms with E-state index in [0.717, 1.165) is 16.1 Å². The van der Waals surface area contributed by atoms with Gasteiger partial charge in [0.25, 0.3) is 5.91 Å². The highest BCUT2D eigenvalue weighted by atomic mass is 32.1. The lowest BCUT2D eigenvalue weighted by Gasteiger charge is -2.03. The number of hydrogen-bond donors (Lipinski definition) is 2. The van der Waals surface area contributed by atoms with Crippen molar-refractivity contribution >= 4 is 22.9 Å². The van der Waals surface area contributed by atoms with Gasteiger partial charge >= 0.3 is 0 Å². The Bertz CT molecular complexity index is 632. The number of carbonyl (C=O) groups is 1. The topological polar surface area (TPSA) is 49.3 Å². The molecule has 1 aromatic carbocycles. The standard InChI is InChI=1S/C15H13NO2S/c1-11-4-9-14(19-11)15(18)16-13-7-5-12(6-8-13)3-2-10-17/h4-9,17H,10H2,1H3,(H,16,18). The first-order valence-electron chi connectivity index (χ1n) is 5.76. The summed E-state index contributed by atoms with van der Waals surface area (Å²) in [5.74, 6) is 5.27. The molecule has 0 aliphatic heterocycles. The van der Waals surface area contributed by atoms with Crippen molar-refractivity contribution in [3.05, 3.63) is 51.7 Å². The predicted molar refractivity (Wildman–Crippen MR) is 77.4 cm³/mol. The number of amides is 1. The Balaban J connectivity index is 2.05. The molecule has 0 radical (unpaired) electrons. The summed E-state index contributed by atoms with van der Waals surface area (Å²) in [6, 6.07) is 10.9. The highest BCUT2D eigenvalue weighted by molar-refractivity contribution is 7.14. The van der Waals surface area contributed by atoms with Crippen LogP contribution in [0.1, 0.15) is 20.1 Å². The van der Waals surface area contributed by atoms with E-state index in [1.54, 1.807) is 24.3 Å². The van der Waals surface area contributed by atoms with E-state index in [4.69, 9.17) is 5.11 Å². The lowest BCUT2D eigenvalue weighted by atomic mass is 10.2. The molecule has 0 aliphatic carbocycles. The molecule has 2 rings (SSSR count). The summed E-state index contributed by atoms with van der Waals surface area (Å²) in [6.07, 6.45) is 0. The van der Waals surface area contributed by atoms with Crippen molar-refractivity contribution in [2.75, 3.05) is 11.9 Å². The molecule has 19 heavy (non-hydrogen) atoms. The second-order valence-electron chi connectivity index (χ2n) is 3.90. The van der Waals surface area contributed by atoms with Crippen molar-refractivity contribution < 1.29 is 9.90 Å². The second kappa shape index (κ2) is 6.19. The molecule has 0 unspecified atom stereocenters. The molecule has 0 atom stereocenters. The van der Waals surface area contributed by atoms with Crippen molar-refractivity contribution in [1.29, 1.82) is 0 Å². The van der Waals surface area contributed by atoms with Crippen molar-refractivity contribution in [3.8, 4) is 11.8 Å². The van der Waals surface area contributed by atoms with Gasteiger partial charge in [-0.15, -0.1) is 11.3 Å². The van der Waals surface area contributed by atoms with Gasteiger partial charge in [-0.25, -0.2) is 0 Å². The number of nitrogens with one attached hydrogen (secondary N) is 1. The number of aliphatic hydroxyl groups excluding tert-OH is 1. The van der Waals surface area contributed by atoms with Crippen LogP contribution in [0.5, 0.6) is 0 Å². The summed E-state index contributed by atoms with van der Waals surface area (Å²) >= 11 is 1.47. The largest absolute Gasteiger partial charge is 0.384 e. The number of carbonyl (C=O) groups excluding carboxylic acids is 1. The second-order valence-corrected chi connectivity index (χ2v) is 5.19. The number of aliphatic hydroxyl groups is 1. The number of anilines is 1. The monoisotopic (exact) mass is 271 g/mol. The fourth-order valence-electron chi connectivity index (χ4n) is 1.53. The Hall–Kier alpha value is -2.09. The molecule has 0 bridgehead atoms. The minimum absolute atomic E-state index is 0.104. The molecular formula is C15H13NO2S. The molecule has 0 spiro atoms. The molecular weight excluding hydrogens is 258 g/mol. The SMILES string of the molecule is Cc1ccc(C(=O)Nc2ccc(C#CCO)cc2)s1. The van der Waals surface area contributed by atoms with E-state index in [9.17, 15) is 4.79 Å². The average Bonchev–Trinajstić information content (AvgIpc) is 2.85. The first-order valence-corrected chi connectivity index (χ1v) is 6.58. The zero-order valence-electron chi connectivity index (χ0n) is 10.4. The molecule has 0 saturated heterocycles. The Kier molecular flexibility index (Phi) is 4.35. The third-order valence-corrected chi connectivity index (χ3v) is 3.42. The molecule has 96 valence electrons. The number of hydrogen-bond acceptors (Lipinski definition) is 3. The zero-order chi connectivity index (χ0) is 13.7. The fourth-order valence-corrected chi connectivity index (χ4v) is 2.29. The van der Waals surface area contributed by atoms with Gasteiger partial charge < -0.3 is 10.4 Å². The van der Waals surface area contributed by atoms with E-state index in [0.29, 0.717) is 4.88 Å². The van der Waals surface area contributed by atoms with Crippen LogP contribution in [0.25, 0.3) is 0 Å². The van der Waals surface area contributed by atoms with Crippen LogP contribution >= 0.6 is 11.3 Å². The smallest absolute Gasteiger partial charge is 0.265 e. The van der Waals surface area contributed by atoms with E-state index >= 15 is 0 Å². The fraction of sp³-hybridized carbons (Fsp3) is 0.133. The van der Waals surface area contributed by atoms with Crippen LogP contribution in [0.15, 0.2) is 36.4 Å². The van der Waals surface area contributed by atoms with Crippen LogP contribution in [-0.4, -0.2) is 17.6 Å². The van der Waals surface area contributed by atoms with E-state index in [2.05, 4.69) is 17.2 Å². The molecule has 2 N–H and O–H groups in total. The molecule has 3 nitrogen and oxygen atoms in total. The molecule has 1 amide bonds. The molecule has 4 heteroatoms. The van der Waals surface area contributed by atoms with Crippen molar-refractivity contribution in [2.45, 2.75) is 6.92 Å². The van der Waals surface area contributed by atoms with Gasteiger partial charge in [-0.1, -0.05) is 11.8 Å². The number of rotatable bonds is 2. The maximum Gasteiger partial charge on any atom is 0.265 e. The first kappa shape index (κ1) is 13.3. The molecule has 1 heterocycles. The molecule has 0 fully saturated rings. The van der Waals surface area contributed by atoms with E-state index in [1.807, 2.05) is 19.1 Å². The summed E-state index contributed by atoms with van der Waals surface area (Å²) in [5.41, 5.74) is 1.53. The van der Waals surface area contributed by atoms with Crippen molar-refractivity contribution in [3.63, 3.8) is 0 Å². The Morgan fingerprint density at radius 3 is 2.58 bits per heavy atom. The summed E-state index contributed by atoms with van der Waals surface area (Å²) in [4.78, 5) is 13.7. The van der Waals surface area contributed by atoms with E-state index in [-0.39, 0.29) is 12.5 Å². The van der Waals surface area contributed by atoms with Crippen molar-refractivity contribution in [2.24, 2.45) is 0 Å². The van der Waals surface area contributed by atoms with Gasteiger partial charge in [-0.05, 0) is 43.3 Å². The average molecular weight is 271 g/mol. The third kappa shape index (κ3) is 3.68. The summed E-state index contributed by atoms with van der Waals surface area (Å²) in [5, 5.41) is 11.4. The Morgan fingerprint density at radius 1 is 1.26 bits per heavy atom. The Morgan fingerprint density at radius 2 is 2.00 bits per heavy atom. The third-order valence-electron chi connectivity index (χ3n) is 2.42. The van der Waals surface area contributed by atoms with E-state index in [1.165, 1.54) is 11.3 Å². The van der Waals surface area contributed by atoms with Gasteiger partial charge in [-0.2, -0.15) is 0 Å². The Labute approximate surface area is 115 Å². The summed E-state index contributed by atoms with van der Waals surface area (Å²) in [6.45, 7) is 1.81. The quantitative estimate of drug-likeness (QED) is 0.825. The van der Waals surface area contributed by atoms with Crippen LogP contribution in [0.3, 0.4) is 0 Å². The normalized spacial score (nSPS) is 9.58. The summed E-state index contributed by atoms with van der Waals surface area (Å²) < 4.78 is 0. The van der Waals surface area contributed by atoms with Crippen LogP contribution in [-0.2, 0) is 0 Å². The predicted octanol–water partition coefficient (Wildman–Crippen LogP) is 2.65. The van der Waals surface area contributed by atoms with Crippen LogP contribution in [0.2, 0.25) is 0 Å². The molecule has 1 aromatic heterocycles. The van der Waals surface area contributed by atoms with Gasteiger partial charge in [0.15, 0.2) is 0 Å². The lowest BCUT2D eigenvalue weighted by molar-refractivity contribution is 0.103. The first-order chi connectivity index (χ1) is 9.19. The van der Waals surface area contributed by atoms with Gasteiger partial charge in [0.1, 0.15) is 6.61 Å². The van der Waals surface area contributed by atoms with Gasteiger partial charge in [0.2, 0.25) is 0 Å². The summed E-state index contributed by atoms with van der Waals surface area (Å²) in [7, 11) is 0. The molecule has 0 saturated carbocycles. The van der Waals surface area contributed by atoms with Crippen LogP contribution in [0, 0.1) is 18.8 Å². The molecule has 2 aromatic rings. The number of thiophene rings is 1. The van der Waals surface area contributed by atoms with Crippen molar-refractivity contribution in [1.82, 2.24) is 0 Å². The lowest BCUT2D eigenvalue weighted by Crippen LogP contribution is -2.09. The van der Waals surface area contributed by atoms with Crippen LogP contribution in [0.4, 0.5) is 5.69 Å². The van der Waals surface area contributed by atoms with Gasteiger partial charge in [0.05, 0.1) is 4.88 Å². The zero-order valence-corrected chi connectivity index (χ0v) is 11.3. The van der Waals surface area contributed by atoms with Gasteiger partial charge in [-0.3, -0.25) is 4.79 Å². The minimum Gasteiger partial charge on any atom is -0.384 e. The van der Waals surface area contributed by atoms with Gasteiger partial charge in [0, 0.05) is 16.1 Å². The molecule has 0 aliphatic rings. The highest BCUT2D eigenvalue weighted by Gasteiger charge is 2.07. The highest BCUT2D eigenvalue weighted by Crippen LogP contribution is 2.17. The number of aryl methyl sites for hydroxylation is 1. The maximum absolute atomic E-state index is 11.9. The minimum atomic E-state index is -0.157. The van der Waals surface area contributed by atoms with E-state index < -0.39 is 0 Å². The van der Waals surface area contributed by atoms with Crippen LogP contribution < -0.4 is 5.32 Å². The maximum atomic E-state index is 11.9.